The third kappa shape index (κ3) is 2.21. The van der Waals surface area contributed by atoms with E-state index in [2.05, 4.69) is 0 Å². The molecule has 0 amide bonds. The summed E-state index contributed by atoms with van der Waals surface area (Å²) in [6.45, 7) is -0.435. The second-order valence-corrected chi connectivity index (χ2v) is 6.15. The van der Waals surface area contributed by atoms with Crippen molar-refractivity contribution in [1.29, 1.82) is 0 Å². The SMILES string of the molecule is COc1ccc(C2[C@@H]3CC[C@H](O)[C@]2([N+](=O)[O-])COC3=O)cc1OC. The fraction of sp³-hybridized carbons (Fsp3) is 0.562. The average molecular weight is 337 g/mol. The van der Waals surface area contributed by atoms with Crippen molar-refractivity contribution in [2.45, 2.75) is 30.4 Å². The Hall–Kier alpha value is -2.35. The molecule has 3 rings (SSSR count). The van der Waals surface area contributed by atoms with Crippen LogP contribution in [0, 0.1) is 16.0 Å². The summed E-state index contributed by atoms with van der Waals surface area (Å²) < 4.78 is 15.5. The van der Waals surface area contributed by atoms with E-state index in [4.69, 9.17) is 14.2 Å². The van der Waals surface area contributed by atoms with Crippen LogP contribution >= 0.6 is 0 Å². The quantitative estimate of drug-likeness (QED) is 0.498. The summed E-state index contributed by atoms with van der Waals surface area (Å²) in [5.74, 6) is -0.998. The Kier molecular flexibility index (Phi) is 4.08. The van der Waals surface area contributed by atoms with Gasteiger partial charge in [0.1, 0.15) is 6.10 Å². The van der Waals surface area contributed by atoms with Gasteiger partial charge in [0, 0.05) is 4.92 Å². The smallest absolute Gasteiger partial charge is 0.310 e. The fourth-order valence-corrected chi connectivity index (χ4v) is 3.90. The first kappa shape index (κ1) is 16.5. The highest BCUT2D eigenvalue weighted by molar-refractivity contribution is 5.76. The van der Waals surface area contributed by atoms with Crippen molar-refractivity contribution in [3.63, 3.8) is 0 Å². The normalized spacial score (nSPS) is 32.0. The summed E-state index contributed by atoms with van der Waals surface area (Å²) >= 11 is 0. The molecule has 1 aromatic rings. The molecule has 1 saturated heterocycles. The maximum atomic E-state index is 12.2. The Balaban J connectivity index is 2.15. The Morgan fingerprint density at radius 3 is 2.62 bits per heavy atom. The molecule has 8 nitrogen and oxygen atoms in total. The number of benzene rings is 1. The van der Waals surface area contributed by atoms with Crippen LogP contribution in [-0.4, -0.2) is 48.5 Å². The molecule has 2 aliphatic rings. The van der Waals surface area contributed by atoms with Gasteiger partial charge in [0.05, 0.1) is 26.1 Å². The van der Waals surface area contributed by atoms with Gasteiger partial charge in [0.2, 0.25) is 0 Å². The molecule has 1 aromatic carbocycles. The first-order chi connectivity index (χ1) is 11.5. The molecule has 130 valence electrons. The van der Waals surface area contributed by atoms with Gasteiger partial charge in [-0.1, -0.05) is 6.07 Å². The minimum Gasteiger partial charge on any atom is -0.493 e. The van der Waals surface area contributed by atoms with E-state index in [1.807, 2.05) is 0 Å². The Morgan fingerprint density at radius 1 is 1.29 bits per heavy atom. The number of hydrogen-bond acceptors (Lipinski definition) is 7. The number of nitrogens with zero attached hydrogens (tertiary/aromatic N) is 1. The summed E-state index contributed by atoms with van der Waals surface area (Å²) in [5.41, 5.74) is -1.18. The van der Waals surface area contributed by atoms with Crippen LogP contribution in [0.5, 0.6) is 11.5 Å². The van der Waals surface area contributed by atoms with Crippen molar-refractivity contribution >= 4 is 5.97 Å². The highest BCUT2D eigenvalue weighted by Crippen LogP contribution is 2.51. The zero-order chi connectivity index (χ0) is 17.5. The van der Waals surface area contributed by atoms with Crippen LogP contribution in [0.1, 0.15) is 24.3 Å². The van der Waals surface area contributed by atoms with Crippen LogP contribution in [0.25, 0.3) is 0 Å². The summed E-state index contributed by atoms with van der Waals surface area (Å²) in [7, 11) is 2.96. The molecule has 1 unspecified atom stereocenters. The Morgan fingerprint density at radius 2 is 2.00 bits per heavy atom. The van der Waals surface area contributed by atoms with Crippen molar-refractivity contribution in [2.24, 2.45) is 5.92 Å². The minimum absolute atomic E-state index is 0.199. The molecule has 24 heavy (non-hydrogen) atoms. The maximum Gasteiger partial charge on any atom is 0.310 e. The number of methoxy groups -OCH3 is 2. The number of carbonyl (C=O) groups is 1. The first-order valence-corrected chi connectivity index (χ1v) is 7.66. The molecule has 0 radical (unpaired) electrons. The third-order valence-electron chi connectivity index (χ3n) is 5.12. The number of fused-ring (bicyclic) bond motifs is 2. The second kappa shape index (κ2) is 5.94. The molecule has 1 aliphatic carbocycles. The number of rotatable bonds is 4. The highest BCUT2D eigenvalue weighted by atomic mass is 16.6. The third-order valence-corrected chi connectivity index (χ3v) is 5.12. The fourth-order valence-electron chi connectivity index (χ4n) is 3.90. The maximum absolute atomic E-state index is 12.2. The van der Waals surface area contributed by atoms with Gasteiger partial charge in [-0.05, 0) is 30.5 Å². The predicted octanol–water partition coefficient (Wildman–Crippen LogP) is 1.13. The van der Waals surface area contributed by atoms with Crippen LogP contribution in [0.15, 0.2) is 18.2 Å². The summed E-state index contributed by atoms with van der Waals surface area (Å²) in [4.78, 5) is 23.5. The molecule has 1 aliphatic heterocycles. The van der Waals surface area contributed by atoms with E-state index in [1.54, 1.807) is 18.2 Å². The van der Waals surface area contributed by atoms with Gasteiger partial charge in [-0.15, -0.1) is 0 Å². The molecule has 2 bridgehead atoms. The number of aliphatic hydroxyl groups excluding tert-OH is 1. The molecule has 1 heterocycles. The number of ether oxygens (including phenoxy) is 3. The van der Waals surface area contributed by atoms with Crippen LogP contribution in [0.3, 0.4) is 0 Å². The van der Waals surface area contributed by atoms with Gasteiger partial charge >= 0.3 is 5.97 Å². The summed E-state index contributed by atoms with van der Waals surface area (Å²) in [6.07, 6.45) is -0.644. The molecular formula is C16H19NO7. The molecule has 0 aromatic heterocycles. The van der Waals surface area contributed by atoms with E-state index in [0.29, 0.717) is 23.5 Å². The largest absolute Gasteiger partial charge is 0.493 e. The highest BCUT2D eigenvalue weighted by Gasteiger charge is 2.66. The van der Waals surface area contributed by atoms with Gasteiger partial charge in [0.15, 0.2) is 18.1 Å². The van der Waals surface area contributed by atoms with Crippen LogP contribution in [0.2, 0.25) is 0 Å². The molecular weight excluding hydrogens is 318 g/mol. The van der Waals surface area contributed by atoms with Crippen molar-refractivity contribution in [3.8, 4) is 11.5 Å². The van der Waals surface area contributed by atoms with Gasteiger partial charge in [0.25, 0.3) is 5.54 Å². The lowest BCUT2D eigenvalue weighted by molar-refractivity contribution is -0.599. The average Bonchev–Trinajstić information content (AvgIpc) is 2.59. The van der Waals surface area contributed by atoms with Gasteiger partial charge in [-0.2, -0.15) is 0 Å². The van der Waals surface area contributed by atoms with Crippen LogP contribution in [-0.2, 0) is 9.53 Å². The molecule has 4 atom stereocenters. The van der Waals surface area contributed by atoms with Crippen molar-refractivity contribution in [2.75, 3.05) is 20.8 Å². The lowest BCUT2D eigenvalue weighted by atomic mass is 9.62. The summed E-state index contributed by atoms with van der Waals surface area (Å²) in [6, 6.07) is 4.95. The lowest BCUT2D eigenvalue weighted by Gasteiger charge is -2.46. The first-order valence-electron chi connectivity index (χ1n) is 7.66. The number of hydrogen-bond donors (Lipinski definition) is 1. The monoisotopic (exact) mass is 337 g/mol. The van der Waals surface area contributed by atoms with Gasteiger partial charge < -0.3 is 19.3 Å². The van der Waals surface area contributed by atoms with Crippen LogP contribution in [0.4, 0.5) is 0 Å². The zero-order valence-corrected chi connectivity index (χ0v) is 13.4. The molecule has 0 spiro atoms. The second-order valence-electron chi connectivity index (χ2n) is 6.15. The molecule has 2 fully saturated rings. The van der Waals surface area contributed by atoms with E-state index >= 15 is 0 Å². The van der Waals surface area contributed by atoms with Crippen molar-refractivity contribution < 1.29 is 29.0 Å². The lowest BCUT2D eigenvalue weighted by Crippen LogP contribution is -2.65. The number of nitro groups is 1. The molecule has 8 heteroatoms. The Bertz CT molecular complexity index is 676. The molecule has 1 N–H and O–H groups in total. The Labute approximate surface area is 138 Å². The number of esters is 1. The van der Waals surface area contributed by atoms with E-state index in [1.165, 1.54) is 14.2 Å². The minimum atomic E-state index is -1.74. The van der Waals surface area contributed by atoms with Crippen LogP contribution < -0.4 is 9.47 Å². The van der Waals surface area contributed by atoms with E-state index in [-0.39, 0.29) is 6.42 Å². The van der Waals surface area contributed by atoms with E-state index in [0.717, 1.165) is 0 Å². The van der Waals surface area contributed by atoms with E-state index in [9.17, 15) is 20.0 Å². The predicted molar refractivity (Wildman–Crippen MR) is 81.7 cm³/mol. The van der Waals surface area contributed by atoms with Crippen molar-refractivity contribution in [3.05, 3.63) is 33.9 Å². The zero-order valence-electron chi connectivity index (χ0n) is 13.4. The van der Waals surface area contributed by atoms with Gasteiger partial charge in [-0.3, -0.25) is 14.9 Å². The number of carbonyl (C=O) groups excluding carboxylic acids is 1. The van der Waals surface area contributed by atoms with Crippen molar-refractivity contribution in [1.82, 2.24) is 0 Å². The molecule has 1 saturated carbocycles. The standard InChI is InChI=1S/C16H19NO7/c1-22-11-5-3-9(7-12(11)23-2)14-10-4-6-13(18)16(14,17(20)21)8-24-15(10)19/h3,5,7,10,13-14,18H,4,6,8H2,1-2H3/t10-,13-,14?,16+/m0/s1. The summed E-state index contributed by atoms with van der Waals surface area (Å²) in [5, 5.41) is 22.3. The van der Waals surface area contributed by atoms with E-state index < -0.39 is 41.0 Å². The number of cyclic esters (lactones) is 1. The topological polar surface area (TPSA) is 108 Å². The number of aliphatic hydroxyl groups is 1. The van der Waals surface area contributed by atoms with Gasteiger partial charge in [-0.25, -0.2) is 0 Å².